The van der Waals surface area contributed by atoms with Gasteiger partial charge in [0.05, 0.1) is 0 Å². The van der Waals surface area contributed by atoms with Crippen LogP contribution in [-0.2, 0) is 4.57 Å². The summed E-state index contributed by atoms with van der Waals surface area (Å²) in [5.74, 6) is 0. The monoisotopic (exact) mass is 145 g/mol. The zero-order valence-electron chi connectivity index (χ0n) is 3.31. The Morgan fingerprint density at radius 2 is 1.43 bits per heavy atom. The van der Waals surface area contributed by atoms with Gasteiger partial charge in [-0.05, 0) is 0 Å². The quantitative estimate of drug-likeness (QED) is 0.384. The van der Waals surface area contributed by atoms with Crippen LogP contribution in [0.2, 0.25) is 0 Å². The Morgan fingerprint density at radius 3 is 1.43 bits per heavy atom. The molecule has 0 aromatic rings. The highest BCUT2D eigenvalue weighted by Crippen LogP contribution is 2.18. The van der Waals surface area contributed by atoms with Crippen LogP contribution >= 0.6 is 17.7 Å². The van der Waals surface area contributed by atoms with E-state index in [1.54, 1.807) is 0 Å². The molecule has 0 aromatic carbocycles. The molecule has 0 heterocycles. The molecule has 1 atom stereocenters. The van der Waals surface area contributed by atoms with Crippen LogP contribution in [-0.4, -0.2) is 9.79 Å². The molecule has 0 aliphatic carbocycles. The molecule has 0 amide bonds. The highest BCUT2D eigenvalue weighted by Gasteiger charge is 1.82. The summed E-state index contributed by atoms with van der Waals surface area (Å²) >= 11 is 0. The van der Waals surface area contributed by atoms with E-state index < -0.39 is 7.82 Å². The lowest BCUT2D eigenvalue weighted by Crippen LogP contribution is -1.94. The van der Waals surface area contributed by atoms with E-state index in [2.05, 4.69) is 0 Å². The maximum atomic E-state index is 8.77. The van der Waals surface area contributed by atoms with Crippen LogP contribution in [0.1, 0.15) is 0 Å². The van der Waals surface area contributed by atoms with Crippen molar-refractivity contribution in [3.05, 3.63) is 0 Å². The van der Waals surface area contributed by atoms with Crippen molar-refractivity contribution < 1.29 is 19.2 Å². The Kier molecular flexibility index (Phi) is 10.4. The third kappa shape index (κ3) is 527. The second kappa shape index (κ2) is 4.65. The lowest BCUT2D eigenvalue weighted by Gasteiger charge is -2.01. The highest BCUT2D eigenvalue weighted by atomic mass is 31.2. The molecule has 0 aliphatic heterocycles. The summed E-state index contributed by atoms with van der Waals surface area (Å²) in [5, 5.41) is 0. The smallest absolute Gasteiger partial charge is 0.756 e. The largest absolute Gasteiger partial charge is 1.00 e. The minimum absolute atomic E-state index is 0. The second-order valence-electron chi connectivity index (χ2n) is 0.491. The van der Waals surface area contributed by atoms with Gasteiger partial charge < -0.3 is 14.7 Å². The zero-order chi connectivity index (χ0) is 4.50. The Bertz CT molecular complexity index is 55.8. The van der Waals surface area contributed by atoms with Crippen molar-refractivity contribution in [2.45, 2.75) is 0 Å². The normalized spacial score (nSPS) is 8.43. The van der Waals surface area contributed by atoms with Gasteiger partial charge in [-0.2, -0.15) is 9.90 Å². The Labute approximate surface area is 44.2 Å². The van der Waals surface area contributed by atoms with Crippen molar-refractivity contribution in [2.75, 3.05) is 0 Å². The molecule has 4 radical (unpaired) electrons. The number of hydrogen-bond acceptors (Lipinski definition) is 2. The van der Waals surface area contributed by atoms with E-state index in [0.29, 0.717) is 0 Å². The molecule has 44 valence electrons. The van der Waals surface area contributed by atoms with E-state index in [1.807, 2.05) is 0 Å². The van der Waals surface area contributed by atoms with Crippen molar-refractivity contribution >= 4 is 17.7 Å². The van der Waals surface area contributed by atoms with Gasteiger partial charge >= 0.3 is 6.15 Å². The standard InChI is InChI=1S/N.H3O4P.H3P/c;1-5(2,3)4;/h;(H3,1,2,3,4);1H3/q+1;;/p-1. The van der Waals surface area contributed by atoms with Crippen molar-refractivity contribution in [1.82, 2.24) is 6.15 Å². The average Bonchev–Trinajstić information content (AvgIpc) is 0.722. The van der Waals surface area contributed by atoms with Crippen molar-refractivity contribution in [2.24, 2.45) is 0 Å². The third-order valence-corrected chi connectivity index (χ3v) is 0. The molecule has 2 N–H and O–H groups in total. The molecule has 1 unspecified atom stereocenters. The molecular formula is H5NO4P2. The summed E-state index contributed by atoms with van der Waals surface area (Å²) in [4.78, 5) is 22.9. The van der Waals surface area contributed by atoms with E-state index in [4.69, 9.17) is 19.2 Å². The van der Waals surface area contributed by atoms with Gasteiger partial charge in [-0.1, -0.05) is 0 Å². The van der Waals surface area contributed by atoms with Gasteiger partial charge in [0.2, 0.25) is 0 Å². The van der Waals surface area contributed by atoms with Gasteiger partial charge in [0.1, 0.15) is 0 Å². The van der Waals surface area contributed by atoms with E-state index in [9.17, 15) is 0 Å². The predicted molar refractivity (Wildman–Crippen MR) is 25.3 cm³/mol. The van der Waals surface area contributed by atoms with Crippen molar-refractivity contribution in [3.63, 3.8) is 0 Å². The maximum Gasteiger partial charge on any atom is 1.00 e. The summed E-state index contributed by atoms with van der Waals surface area (Å²) in [6, 6.07) is 0. The van der Waals surface area contributed by atoms with Gasteiger partial charge in [-0.3, -0.25) is 4.57 Å². The first kappa shape index (κ1) is 15.6. The molecule has 0 spiro atoms. The number of hydrogen-bond donors (Lipinski definition) is 2. The lowest BCUT2D eigenvalue weighted by molar-refractivity contribution is -0.214. The SMILES string of the molecule is O=P([O-])(O)O.P.[N+]. The van der Waals surface area contributed by atoms with Crippen LogP contribution in [0.4, 0.5) is 0 Å². The number of phosphoric acid groups is 1. The summed E-state index contributed by atoms with van der Waals surface area (Å²) in [7, 11) is -4.89. The Morgan fingerprint density at radius 1 is 1.43 bits per heavy atom. The van der Waals surface area contributed by atoms with Crippen molar-refractivity contribution in [1.29, 1.82) is 0 Å². The number of rotatable bonds is 0. The summed E-state index contributed by atoms with van der Waals surface area (Å²) in [5.41, 5.74) is 0. The molecule has 7 heavy (non-hydrogen) atoms. The molecule has 0 aromatic heterocycles. The zero-order valence-corrected chi connectivity index (χ0v) is 5.62. The van der Waals surface area contributed by atoms with Gasteiger partial charge in [0.25, 0.3) is 7.82 Å². The molecule has 0 bridgehead atoms. The summed E-state index contributed by atoms with van der Waals surface area (Å²) in [6.07, 6.45) is 0. The molecular weight excluding hydrogens is 140 g/mol. The van der Waals surface area contributed by atoms with Gasteiger partial charge in [-0.15, -0.1) is 0 Å². The van der Waals surface area contributed by atoms with Crippen LogP contribution in [0.25, 0.3) is 0 Å². The van der Waals surface area contributed by atoms with E-state index >= 15 is 0 Å². The van der Waals surface area contributed by atoms with Crippen molar-refractivity contribution in [3.8, 4) is 0 Å². The van der Waals surface area contributed by atoms with Crippen LogP contribution in [0.5, 0.6) is 0 Å². The Balaban J connectivity index is -0.0000000800. The van der Waals surface area contributed by atoms with Gasteiger partial charge in [-0.25, -0.2) is 0 Å². The summed E-state index contributed by atoms with van der Waals surface area (Å²) in [6.45, 7) is 0. The molecule has 5 nitrogen and oxygen atoms in total. The maximum absolute atomic E-state index is 8.77. The van der Waals surface area contributed by atoms with Gasteiger partial charge in [0.15, 0.2) is 0 Å². The first-order chi connectivity index (χ1) is 2.00. The molecule has 0 saturated carbocycles. The summed E-state index contributed by atoms with van der Waals surface area (Å²) < 4.78 is 8.77. The number of nitrogens with zero attached hydrogens (tertiary/aromatic N) is 1. The van der Waals surface area contributed by atoms with Gasteiger partial charge in [0, 0.05) is 0 Å². The first-order valence-corrected chi connectivity index (χ1v) is 2.30. The fourth-order valence-corrected chi connectivity index (χ4v) is 0. The average molecular weight is 145 g/mol. The van der Waals surface area contributed by atoms with Crippen LogP contribution in [0.3, 0.4) is 0 Å². The van der Waals surface area contributed by atoms with E-state index in [0.717, 1.165) is 0 Å². The molecule has 0 fully saturated rings. The van der Waals surface area contributed by atoms with E-state index in [-0.39, 0.29) is 16.0 Å². The second-order valence-corrected chi connectivity index (χ2v) is 1.47. The lowest BCUT2D eigenvalue weighted by atomic mass is 14.0. The fourth-order valence-electron chi connectivity index (χ4n) is 0. The molecule has 0 saturated heterocycles. The topological polar surface area (TPSA) is 111 Å². The van der Waals surface area contributed by atoms with Crippen LogP contribution in [0.15, 0.2) is 0 Å². The minimum Gasteiger partial charge on any atom is -0.756 e. The van der Waals surface area contributed by atoms with E-state index in [1.165, 1.54) is 0 Å². The fraction of sp³-hybridized carbons (Fsp3) is 0. The Hall–Kier alpha value is 0.500. The van der Waals surface area contributed by atoms with Crippen LogP contribution < -0.4 is 11.0 Å². The molecule has 7 heteroatoms. The molecule has 0 rings (SSSR count). The first-order valence-electron chi connectivity index (χ1n) is 0.765. The van der Waals surface area contributed by atoms with Crippen LogP contribution in [0, 0.1) is 0 Å². The highest BCUT2D eigenvalue weighted by molar-refractivity contribution is 7.43. The predicted octanol–water partition coefficient (Wildman–Crippen LogP) is -1.98. The molecule has 0 aliphatic rings. The third-order valence-electron chi connectivity index (χ3n) is 0. The minimum atomic E-state index is -4.89.